The minimum atomic E-state index is 0.604. The van der Waals surface area contributed by atoms with Crippen LogP contribution in [0.3, 0.4) is 0 Å². The summed E-state index contributed by atoms with van der Waals surface area (Å²) in [5.41, 5.74) is 1.26. The molecule has 0 unspecified atom stereocenters. The first-order valence-corrected chi connectivity index (χ1v) is 6.51. The van der Waals surface area contributed by atoms with Gasteiger partial charge in [0.1, 0.15) is 0 Å². The molecule has 0 aliphatic heterocycles. The number of hydrogen-bond donors (Lipinski definition) is 1. The van der Waals surface area contributed by atoms with Crippen molar-refractivity contribution in [2.24, 2.45) is 0 Å². The van der Waals surface area contributed by atoms with Gasteiger partial charge in [-0.15, -0.1) is 0 Å². The fourth-order valence-corrected chi connectivity index (χ4v) is 2.32. The van der Waals surface area contributed by atoms with Crippen LogP contribution in [0.5, 0.6) is 0 Å². The van der Waals surface area contributed by atoms with E-state index in [1.54, 1.807) is 0 Å². The Balaban J connectivity index is 2.57. The standard InChI is InChI=1S/C12H17BrClN/c1-3-11(4-2)15-8-9-5-6-10(14)7-12(9)13/h5-7,11,15H,3-4,8H2,1-2H3. The number of nitrogens with one attached hydrogen (secondary N) is 1. The number of rotatable bonds is 5. The summed E-state index contributed by atoms with van der Waals surface area (Å²) in [6.45, 7) is 5.31. The highest BCUT2D eigenvalue weighted by atomic mass is 79.9. The Hall–Kier alpha value is -0.0500. The van der Waals surface area contributed by atoms with Crippen LogP contribution < -0.4 is 5.32 Å². The van der Waals surface area contributed by atoms with E-state index >= 15 is 0 Å². The van der Waals surface area contributed by atoms with E-state index in [2.05, 4.69) is 41.2 Å². The molecule has 0 heterocycles. The van der Waals surface area contributed by atoms with Crippen LogP contribution in [-0.4, -0.2) is 6.04 Å². The van der Waals surface area contributed by atoms with Gasteiger partial charge < -0.3 is 5.32 Å². The van der Waals surface area contributed by atoms with Crippen molar-refractivity contribution in [1.29, 1.82) is 0 Å². The Morgan fingerprint density at radius 2 is 2.00 bits per heavy atom. The Kier molecular flexibility index (Phi) is 5.65. The fraction of sp³-hybridized carbons (Fsp3) is 0.500. The average molecular weight is 291 g/mol. The fourth-order valence-electron chi connectivity index (χ4n) is 1.50. The molecule has 0 saturated carbocycles. The number of benzene rings is 1. The first kappa shape index (κ1) is 13.0. The van der Waals surface area contributed by atoms with Crippen LogP contribution in [0.1, 0.15) is 32.3 Å². The summed E-state index contributed by atoms with van der Waals surface area (Å²) in [6, 6.07) is 6.52. The van der Waals surface area contributed by atoms with Crippen molar-refractivity contribution >= 4 is 27.5 Å². The molecule has 15 heavy (non-hydrogen) atoms. The van der Waals surface area contributed by atoms with Gasteiger partial charge in [0.2, 0.25) is 0 Å². The van der Waals surface area contributed by atoms with Crippen LogP contribution in [0.25, 0.3) is 0 Å². The van der Waals surface area contributed by atoms with Crippen LogP contribution in [0.15, 0.2) is 22.7 Å². The second-order valence-corrected chi connectivity index (χ2v) is 4.92. The molecule has 0 aromatic heterocycles. The van der Waals surface area contributed by atoms with Crippen molar-refractivity contribution in [2.45, 2.75) is 39.3 Å². The molecule has 1 aromatic carbocycles. The van der Waals surface area contributed by atoms with Crippen LogP contribution in [0, 0.1) is 0 Å². The maximum absolute atomic E-state index is 5.88. The average Bonchev–Trinajstić information content (AvgIpc) is 2.22. The molecule has 3 heteroatoms. The van der Waals surface area contributed by atoms with Gasteiger partial charge in [-0.05, 0) is 30.5 Å². The second kappa shape index (κ2) is 6.51. The Morgan fingerprint density at radius 3 is 2.53 bits per heavy atom. The summed E-state index contributed by atoms with van der Waals surface area (Å²) in [6.07, 6.45) is 2.34. The summed E-state index contributed by atoms with van der Waals surface area (Å²) in [7, 11) is 0. The molecule has 0 amide bonds. The van der Waals surface area contributed by atoms with Gasteiger partial charge in [-0.3, -0.25) is 0 Å². The minimum absolute atomic E-state index is 0.604. The van der Waals surface area contributed by atoms with E-state index in [0.29, 0.717) is 6.04 Å². The quantitative estimate of drug-likeness (QED) is 0.848. The summed E-state index contributed by atoms with van der Waals surface area (Å²) in [5.74, 6) is 0. The smallest absolute Gasteiger partial charge is 0.0417 e. The lowest BCUT2D eigenvalue weighted by Gasteiger charge is -2.15. The third-order valence-electron chi connectivity index (χ3n) is 2.58. The summed E-state index contributed by atoms with van der Waals surface area (Å²) in [4.78, 5) is 0. The Bertz CT molecular complexity index is 310. The highest BCUT2D eigenvalue weighted by molar-refractivity contribution is 9.10. The molecule has 0 saturated heterocycles. The van der Waals surface area contributed by atoms with E-state index in [1.807, 2.05) is 12.1 Å². The summed E-state index contributed by atoms with van der Waals surface area (Å²) in [5, 5.41) is 4.29. The van der Waals surface area contributed by atoms with E-state index < -0.39 is 0 Å². The molecule has 0 spiro atoms. The van der Waals surface area contributed by atoms with Gasteiger partial charge in [0.05, 0.1) is 0 Å². The van der Waals surface area contributed by atoms with Crippen LogP contribution in [-0.2, 0) is 6.54 Å². The van der Waals surface area contributed by atoms with Gasteiger partial charge in [-0.25, -0.2) is 0 Å². The minimum Gasteiger partial charge on any atom is -0.310 e. The lowest BCUT2D eigenvalue weighted by Crippen LogP contribution is -2.27. The van der Waals surface area contributed by atoms with Crippen LogP contribution >= 0.6 is 27.5 Å². The maximum atomic E-state index is 5.88. The third-order valence-corrected chi connectivity index (χ3v) is 3.56. The summed E-state index contributed by atoms with van der Waals surface area (Å²) < 4.78 is 1.08. The number of halogens is 2. The van der Waals surface area contributed by atoms with Gasteiger partial charge >= 0.3 is 0 Å². The largest absolute Gasteiger partial charge is 0.310 e. The van der Waals surface area contributed by atoms with Gasteiger partial charge in [0.15, 0.2) is 0 Å². The molecule has 0 bridgehead atoms. The van der Waals surface area contributed by atoms with Crippen molar-refractivity contribution in [3.63, 3.8) is 0 Å². The van der Waals surface area contributed by atoms with E-state index in [-0.39, 0.29) is 0 Å². The highest BCUT2D eigenvalue weighted by Crippen LogP contribution is 2.21. The maximum Gasteiger partial charge on any atom is 0.0417 e. The molecule has 1 N–H and O–H groups in total. The second-order valence-electron chi connectivity index (χ2n) is 3.63. The first-order chi connectivity index (χ1) is 7.17. The lowest BCUT2D eigenvalue weighted by molar-refractivity contribution is 0.483. The van der Waals surface area contributed by atoms with Gasteiger partial charge in [-0.1, -0.05) is 47.4 Å². The molecule has 1 nitrogen and oxygen atoms in total. The molecule has 0 radical (unpaired) electrons. The molecular formula is C12H17BrClN. The van der Waals surface area contributed by atoms with Gasteiger partial charge in [-0.2, -0.15) is 0 Å². The third kappa shape index (κ3) is 4.13. The van der Waals surface area contributed by atoms with E-state index in [0.717, 1.165) is 16.0 Å². The molecule has 0 fully saturated rings. The van der Waals surface area contributed by atoms with E-state index in [9.17, 15) is 0 Å². The molecule has 1 rings (SSSR count). The lowest BCUT2D eigenvalue weighted by atomic mass is 10.1. The zero-order valence-corrected chi connectivity index (χ0v) is 11.5. The van der Waals surface area contributed by atoms with Crippen LogP contribution in [0.2, 0.25) is 5.02 Å². The Morgan fingerprint density at radius 1 is 1.33 bits per heavy atom. The zero-order valence-electron chi connectivity index (χ0n) is 9.19. The van der Waals surface area contributed by atoms with Crippen molar-refractivity contribution in [3.05, 3.63) is 33.3 Å². The van der Waals surface area contributed by atoms with Crippen molar-refractivity contribution in [2.75, 3.05) is 0 Å². The molecular weight excluding hydrogens is 273 g/mol. The Labute approximate surface area is 105 Å². The van der Waals surface area contributed by atoms with E-state index in [4.69, 9.17) is 11.6 Å². The molecule has 0 aliphatic rings. The molecule has 0 atom stereocenters. The highest BCUT2D eigenvalue weighted by Gasteiger charge is 2.04. The van der Waals surface area contributed by atoms with Crippen molar-refractivity contribution in [3.8, 4) is 0 Å². The topological polar surface area (TPSA) is 12.0 Å². The monoisotopic (exact) mass is 289 g/mol. The molecule has 0 aliphatic carbocycles. The van der Waals surface area contributed by atoms with Crippen LogP contribution in [0.4, 0.5) is 0 Å². The predicted molar refractivity (Wildman–Crippen MR) is 70.4 cm³/mol. The summed E-state index contributed by atoms with van der Waals surface area (Å²) >= 11 is 9.40. The van der Waals surface area contributed by atoms with Gasteiger partial charge in [0, 0.05) is 22.1 Å². The van der Waals surface area contributed by atoms with E-state index in [1.165, 1.54) is 18.4 Å². The normalized spacial score (nSPS) is 11.0. The van der Waals surface area contributed by atoms with Crippen molar-refractivity contribution in [1.82, 2.24) is 5.32 Å². The first-order valence-electron chi connectivity index (χ1n) is 5.34. The van der Waals surface area contributed by atoms with Gasteiger partial charge in [0.25, 0.3) is 0 Å². The number of hydrogen-bond acceptors (Lipinski definition) is 1. The predicted octanol–water partition coefficient (Wildman–Crippen LogP) is 4.38. The van der Waals surface area contributed by atoms with Crippen molar-refractivity contribution < 1.29 is 0 Å². The molecule has 1 aromatic rings. The SMILES string of the molecule is CCC(CC)NCc1ccc(Cl)cc1Br. The molecule has 84 valence electrons. The zero-order chi connectivity index (χ0) is 11.3.